The first-order valence-corrected chi connectivity index (χ1v) is 6.92. The molecule has 1 saturated heterocycles. The number of pyridine rings is 1. The smallest absolute Gasteiger partial charge is 0.0352 e. The second-order valence-electron chi connectivity index (χ2n) is 4.28. The summed E-state index contributed by atoms with van der Waals surface area (Å²) < 4.78 is 0. The van der Waals surface area contributed by atoms with Crippen LogP contribution in [0.3, 0.4) is 0 Å². The fraction of sp³-hybridized carbons (Fsp3) is 0.583. The van der Waals surface area contributed by atoms with E-state index in [0.717, 1.165) is 19.6 Å². The lowest BCUT2D eigenvalue weighted by Crippen LogP contribution is -2.38. The van der Waals surface area contributed by atoms with E-state index in [1.165, 1.54) is 5.56 Å². The Balaban J connectivity index is 1.95. The molecule has 1 aliphatic rings. The molecular weight excluding hydrogens is 218 g/mol. The number of thioether (sulfide) groups is 1. The van der Waals surface area contributed by atoms with E-state index < -0.39 is 0 Å². The first-order chi connectivity index (χ1) is 7.81. The van der Waals surface area contributed by atoms with Gasteiger partial charge in [0.15, 0.2) is 0 Å². The summed E-state index contributed by atoms with van der Waals surface area (Å²) in [5.41, 5.74) is 1.29. The third-order valence-corrected chi connectivity index (χ3v) is 4.24. The third-order valence-electron chi connectivity index (χ3n) is 3.15. The molecule has 1 aromatic heterocycles. The Kier molecular flexibility index (Phi) is 4.21. The SMILES string of the molecule is CSC1CNCC1N(C)Cc1cccnc1. The van der Waals surface area contributed by atoms with Gasteiger partial charge < -0.3 is 5.32 Å². The summed E-state index contributed by atoms with van der Waals surface area (Å²) >= 11 is 1.96. The summed E-state index contributed by atoms with van der Waals surface area (Å²) in [5, 5.41) is 4.17. The van der Waals surface area contributed by atoms with E-state index in [2.05, 4.69) is 34.6 Å². The summed E-state index contributed by atoms with van der Waals surface area (Å²) in [6, 6.07) is 4.78. The zero-order valence-corrected chi connectivity index (χ0v) is 10.7. The lowest BCUT2D eigenvalue weighted by molar-refractivity contribution is 0.253. The molecule has 0 bridgehead atoms. The van der Waals surface area contributed by atoms with Crippen LogP contribution in [0.4, 0.5) is 0 Å². The Morgan fingerprint density at radius 3 is 3.12 bits per heavy atom. The van der Waals surface area contributed by atoms with E-state index in [4.69, 9.17) is 0 Å². The molecule has 0 radical (unpaired) electrons. The highest BCUT2D eigenvalue weighted by molar-refractivity contribution is 7.99. The molecule has 2 heterocycles. The average Bonchev–Trinajstić information content (AvgIpc) is 2.78. The molecule has 0 saturated carbocycles. The van der Waals surface area contributed by atoms with Gasteiger partial charge in [0.25, 0.3) is 0 Å². The molecule has 0 aliphatic carbocycles. The minimum Gasteiger partial charge on any atom is -0.314 e. The Bertz CT molecular complexity index is 317. The van der Waals surface area contributed by atoms with Crippen molar-refractivity contribution in [2.24, 2.45) is 0 Å². The number of rotatable bonds is 4. The van der Waals surface area contributed by atoms with E-state index >= 15 is 0 Å². The van der Waals surface area contributed by atoms with Crippen LogP contribution >= 0.6 is 11.8 Å². The summed E-state index contributed by atoms with van der Waals surface area (Å²) in [6.45, 7) is 3.21. The zero-order valence-electron chi connectivity index (χ0n) is 9.89. The second kappa shape index (κ2) is 5.66. The molecule has 2 rings (SSSR count). The fourth-order valence-corrected chi connectivity index (χ4v) is 3.12. The van der Waals surface area contributed by atoms with Gasteiger partial charge in [0.1, 0.15) is 0 Å². The van der Waals surface area contributed by atoms with Crippen molar-refractivity contribution in [1.29, 1.82) is 0 Å². The van der Waals surface area contributed by atoms with Gasteiger partial charge in [-0.15, -0.1) is 0 Å². The summed E-state index contributed by atoms with van der Waals surface area (Å²) in [4.78, 5) is 6.58. The number of likely N-dealkylation sites (N-methyl/N-ethyl adjacent to an activating group) is 1. The molecule has 88 valence electrons. The van der Waals surface area contributed by atoms with Crippen LogP contribution in [0.25, 0.3) is 0 Å². The Hall–Kier alpha value is -0.580. The fourth-order valence-electron chi connectivity index (χ4n) is 2.22. The molecule has 1 aliphatic heterocycles. The zero-order chi connectivity index (χ0) is 11.4. The molecule has 0 spiro atoms. The van der Waals surface area contributed by atoms with Crippen molar-refractivity contribution in [2.75, 3.05) is 26.4 Å². The van der Waals surface area contributed by atoms with Crippen LogP contribution < -0.4 is 5.32 Å². The molecule has 0 aromatic carbocycles. The number of nitrogens with one attached hydrogen (secondary N) is 1. The van der Waals surface area contributed by atoms with Gasteiger partial charge >= 0.3 is 0 Å². The predicted octanol–water partition coefficient (Wildman–Crippen LogP) is 1.22. The number of hydrogen-bond acceptors (Lipinski definition) is 4. The first kappa shape index (κ1) is 11.9. The third kappa shape index (κ3) is 2.75. The maximum Gasteiger partial charge on any atom is 0.0352 e. The molecule has 2 unspecified atom stereocenters. The standard InChI is InChI=1S/C12H19N3S/c1-15(9-10-4-3-5-13-6-10)11-7-14-8-12(11)16-2/h3-6,11-12,14H,7-9H2,1-2H3. The van der Waals surface area contributed by atoms with Gasteiger partial charge in [-0.3, -0.25) is 9.88 Å². The van der Waals surface area contributed by atoms with Crippen molar-refractivity contribution in [2.45, 2.75) is 17.8 Å². The van der Waals surface area contributed by atoms with Crippen molar-refractivity contribution < 1.29 is 0 Å². The number of hydrogen-bond donors (Lipinski definition) is 1. The Morgan fingerprint density at radius 2 is 2.44 bits per heavy atom. The van der Waals surface area contributed by atoms with Crippen molar-refractivity contribution >= 4 is 11.8 Å². The van der Waals surface area contributed by atoms with Crippen LogP contribution in [0.2, 0.25) is 0 Å². The number of aromatic nitrogens is 1. The minimum absolute atomic E-state index is 0.634. The van der Waals surface area contributed by atoms with Gasteiger partial charge in [-0.1, -0.05) is 6.07 Å². The molecule has 4 heteroatoms. The minimum atomic E-state index is 0.634. The van der Waals surface area contributed by atoms with Gasteiger partial charge in [0, 0.05) is 43.3 Å². The van der Waals surface area contributed by atoms with Gasteiger partial charge in [0.2, 0.25) is 0 Å². The van der Waals surface area contributed by atoms with Crippen LogP contribution in [0.15, 0.2) is 24.5 Å². The lowest BCUT2D eigenvalue weighted by Gasteiger charge is -2.27. The molecule has 16 heavy (non-hydrogen) atoms. The molecule has 2 atom stereocenters. The van der Waals surface area contributed by atoms with Crippen molar-refractivity contribution in [3.05, 3.63) is 30.1 Å². The van der Waals surface area contributed by atoms with E-state index in [-0.39, 0.29) is 0 Å². The quantitative estimate of drug-likeness (QED) is 0.852. The second-order valence-corrected chi connectivity index (χ2v) is 5.35. The molecule has 1 aromatic rings. The van der Waals surface area contributed by atoms with E-state index in [9.17, 15) is 0 Å². The molecule has 1 fully saturated rings. The van der Waals surface area contributed by atoms with Crippen LogP contribution in [-0.4, -0.2) is 47.6 Å². The summed E-state index contributed by atoms with van der Waals surface area (Å²) in [6.07, 6.45) is 5.97. The highest BCUT2D eigenvalue weighted by atomic mass is 32.2. The summed E-state index contributed by atoms with van der Waals surface area (Å²) in [5.74, 6) is 0. The Morgan fingerprint density at radius 1 is 1.56 bits per heavy atom. The monoisotopic (exact) mass is 237 g/mol. The van der Waals surface area contributed by atoms with Crippen molar-refractivity contribution in [3.8, 4) is 0 Å². The van der Waals surface area contributed by atoms with Gasteiger partial charge in [-0.25, -0.2) is 0 Å². The van der Waals surface area contributed by atoms with Gasteiger partial charge in [-0.2, -0.15) is 11.8 Å². The van der Waals surface area contributed by atoms with Crippen LogP contribution in [-0.2, 0) is 6.54 Å². The highest BCUT2D eigenvalue weighted by Crippen LogP contribution is 2.20. The van der Waals surface area contributed by atoms with Gasteiger partial charge in [-0.05, 0) is 24.9 Å². The normalized spacial score (nSPS) is 25.2. The van der Waals surface area contributed by atoms with Crippen LogP contribution in [0.5, 0.6) is 0 Å². The van der Waals surface area contributed by atoms with E-state index in [1.54, 1.807) is 0 Å². The summed E-state index contributed by atoms with van der Waals surface area (Å²) in [7, 11) is 2.20. The van der Waals surface area contributed by atoms with E-state index in [0.29, 0.717) is 11.3 Å². The maximum absolute atomic E-state index is 4.16. The van der Waals surface area contributed by atoms with Crippen molar-refractivity contribution in [3.63, 3.8) is 0 Å². The molecule has 0 amide bonds. The first-order valence-electron chi connectivity index (χ1n) is 5.64. The largest absolute Gasteiger partial charge is 0.314 e. The Labute approximate surface area is 102 Å². The molecule has 1 N–H and O–H groups in total. The van der Waals surface area contributed by atoms with Crippen molar-refractivity contribution in [1.82, 2.24) is 15.2 Å². The topological polar surface area (TPSA) is 28.2 Å². The lowest BCUT2D eigenvalue weighted by atomic mass is 10.2. The number of nitrogens with zero attached hydrogens (tertiary/aromatic N) is 2. The predicted molar refractivity (Wildman–Crippen MR) is 69.7 cm³/mol. The highest BCUT2D eigenvalue weighted by Gasteiger charge is 2.29. The molecular formula is C12H19N3S. The maximum atomic E-state index is 4.16. The molecule has 3 nitrogen and oxygen atoms in total. The van der Waals surface area contributed by atoms with Crippen LogP contribution in [0, 0.1) is 0 Å². The van der Waals surface area contributed by atoms with Gasteiger partial charge in [0.05, 0.1) is 0 Å². The van der Waals surface area contributed by atoms with Crippen LogP contribution in [0.1, 0.15) is 5.56 Å². The van der Waals surface area contributed by atoms with E-state index in [1.807, 2.05) is 30.2 Å². The average molecular weight is 237 g/mol.